The fourth-order valence-corrected chi connectivity index (χ4v) is 4.83. The molecule has 0 atom stereocenters. The number of pyridine rings is 1. The van der Waals surface area contributed by atoms with Crippen LogP contribution in [-0.2, 0) is 19.4 Å². The summed E-state index contributed by atoms with van der Waals surface area (Å²) in [5.74, 6) is -0.254. The summed E-state index contributed by atoms with van der Waals surface area (Å²) in [4.78, 5) is 30.7. The summed E-state index contributed by atoms with van der Waals surface area (Å²) >= 11 is 1.32. The Bertz CT molecular complexity index is 1270. The van der Waals surface area contributed by atoms with Gasteiger partial charge in [0.15, 0.2) is 5.13 Å². The molecule has 8 heteroatoms. The summed E-state index contributed by atoms with van der Waals surface area (Å²) in [6.45, 7) is 0.218. The molecule has 0 saturated carbocycles. The lowest BCUT2D eigenvalue weighted by molar-refractivity contribution is 0.102. The third kappa shape index (κ3) is 3.19. The Labute approximate surface area is 175 Å². The predicted octanol–water partition coefficient (Wildman–Crippen LogP) is 3.94. The summed E-state index contributed by atoms with van der Waals surface area (Å²) in [7, 11) is 0. The van der Waals surface area contributed by atoms with Crippen molar-refractivity contribution in [3.8, 4) is 5.75 Å². The molecule has 5 rings (SSSR count). The van der Waals surface area contributed by atoms with Gasteiger partial charge in [0.25, 0.3) is 11.5 Å². The molecule has 2 N–H and O–H groups in total. The molecule has 0 spiro atoms. The molecule has 4 aromatic rings. The Morgan fingerprint density at radius 3 is 2.83 bits per heavy atom. The highest BCUT2D eigenvalue weighted by molar-refractivity contribution is 7.22. The first kappa shape index (κ1) is 18.6. The van der Waals surface area contributed by atoms with Crippen molar-refractivity contribution in [3.63, 3.8) is 0 Å². The van der Waals surface area contributed by atoms with Crippen LogP contribution in [0.5, 0.6) is 5.75 Å². The molecule has 1 aromatic carbocycles. The van der Waals surface area contributed by atoms with Gasteiger partial charge in [-0.1, -0.05) is 23.5 Å². The first-order chi connectivity index (χ1) is 14.6. The Kier molecular flexibility index (Phi) is 4.63. The number of carbonyl (C=O) groups excluding carboxylic acids is 1. The second-order valence-electron chi connectivity index (χ2n) is 7.27. The maximum atomic E-state index is 13.3. The first-order valence-corrected chi connectivity index (χ1v) is 10.6. The van der Waals surface area contributed by atoms with Crippen LogP contribution < -0.4 is 10.9 Å². The molecule has 0 aliphatic heterocycles. The van der Waals surface area contributed by atoms with Gasteiger partial charge in [-0.2, -0.15) is 0 Å². The van der Waals surface area contributed by atoms with Crippen LogP contribution in [0.25, 0.3) is 10.2 Å². The number of aromatic nitrogens is 2. The largest absolute Gasteiger partial charge is 0.507 e. The van der Waals surface area contributed by atoms with Gasteiger partial charge in [0.2, 0.25) is 0 Å². The minimum Gasteiger partial charge on any atom is -0.507 e. The van der Waals surface area contributed by atoms with Gasteiger partial charge < -0.3 is 14.1 Å². The number of amides is 1. The van der Waals surface area contributed by atoms with Crippen LogP contribution in [0, 0.1) is 0 Å². The number of fused-ring (bicyclic) bond motifs is 2. The van der Waals surface area contributed by atoms with E-state index in [1.807, 2.05) is 24.3 Å². The summed E-state index contributed by atoms with van der Waals surface area (Å²) < 4.78 is 7.90. The molecule has 3 heterocycles. The smallest absolute Gasteiger partial charge is 0.267 e. The van der Waals surface area contributed by atoms with Gasteiger partial charge >= 0.3 is 0 Å². The molecular formula is C22H19N3O4S. The highest BCUT2D eigenvalue weighted by Gasteiger charge is 2.28. The fourth-order valence-electron chi connectivity index (χ4n) is 3.97. The fraction of sp³-hybridized carbons (Fsp3) is 0.227. The minimum absolute atomic E-state index is 0.218. The van der Waals surface area contributed by atoms with Crippen molar-refractivity contribution in [1.29, 1.82) is 0 Å². The number of furan rings is 1. The number of aromatic hydroxyl groups is 1. The minimum atomic E-state index is -0.655. The van der Waals surface area contributed by atoms with Crippen LogP contribution in [0.1, 0.15) is 40.2 Å². The number of nitrogens with zero attached hydrogens (tertiary/aromatic N) is 2. The van der Waals surface area contributed by atoms with E-state index in [1.165, 1.54) is 11.3 Å². The number of hydrogen-bond acceptors (Lipinski definition) is 6. The topological polar surface area (TPSA) is 97.4 Å². The second-order valence-corrected chi connectivity index (χ2v) is 8.30. The zero-order valence-corrected chi connectivity index (χ0v) is 16.9. The third-order valence-electron chi connectivity index (χ3n) is 5.38. The lowest BCUT2D eigenvalue weighted by Gasteiger charge is -2.23. The highest BCUT2D eigenvalue weighted by atomic mass is 32.1. The molecule has 30 heavy (non-hydrogen) atoms. The van der Waals surface area contributed by atoms with Crippen LogP contribution in [-0.4, -0.2) is 20.6 Å². The van der Waals surface area contributed by atoms with E-state index < -0.39 is 11.5 Å². The van der Waals surface area contributed by atoms with Crippen LogP contribution in [0.4, 0.5) is 5.13 Å². The number of hydrogen-bond donors (Lipinski definition) is 2. The summed E-state index contributed by atoms with van der Waals surface area (Å²) in [6, 6.07) is 11.1. The van der Waals surface area contributed by atoms with Crippen molar-refractivity contribution < 1.29 is 14.3 Å². The van der Waals surface area contributed by atoms with Gasteiger partial charge in [-0.05, 0) is 49.9 Å². The number of para-hydroxylation sites is 1. The average Bonchev–Trinajstić information content (AvgIpc) is 3.40. The monoisotopic (exact) mass is 421 g/mol. The Balaban J connectivity index is 1.58. The van der Waals surface area contributed by atoms with Crippen LogP contribution in [0.2, 0.25) is 0 Å². The first-order valence-electron chi connectivity index (χ1n) is 9.78. The number of rotatable bonds is 4. The molecule has 0 saturated heterocycles. The van der Waals surface area contributed by atoms with E-state index in [-0.39, 0.29) is 17.9 Å². The molecule has 0 bridgehead atoms. The van der Waals surface area contributed by atoms with Gasteiger partial charge in [-0.3, -0.25) is 14.9 Å². The molecule has 1 amide bonds. The van der Waals surface area contributed by atoms with Crippen molar-refractivity contribution in [2.24, 2.45) is 0 Å². The molecule has 0 unspecified atom stereocenters. The van der Waals surface area contributed by atoms with E-state index in [9.17, 15) is 14.7 Å². The number of thiazole rings is 1. The molecular weight excluding hydrogens is 402 g/mol. The Hall–Kier alpha value is -3.39. The van der Waals surface area contributed by atoms with Crippen molar-refractivity contribution in [3.05, 3.63) is 75.6 Å². The summed E-state index contributed by atoms with van der Waals surface area (Å²) in [5.41, 5.74) is 1.44. The average molecular weight is 421 g/mol. The van der Waals surface area contributed by atoms with Gasteiger partial charge in [-0.15, -0.1) is 0 Å². The highest BCUT2D eigenvalue weighted by Crippen LogP contribution is 2.32. The third-order valence-corrected chi connectivity index (χ3v) is 6.33. The lowest BCUT2D eigenvalue weighted by Crippen LogP contribution is -2.34. The zero-order chi connectivity index (χ0) is 20.7. The normalized spacial score (nSPS) is 13.3. The number of nitrogens with one attached hydrogen (secondary N) is 1. The maximum Gasteiger partial charge on any atom is 0.267 e. The molecule has 1 aliphatic carbocycles. The number of anilines is 1. The predicted molar refractivity (Wildman–Crippen MR) is 114 cm³/mol. The van der Waals surface area contributed by atoms with Gasteiger partial charge in [-0.25, -0.2) is 4.98 Å². The van der Waals surface area contributed by atoms with Crippen molar-refractivity contribution >= 4 is 32.6 Å². The SMILES string of the molecule is O=C(Nc1nc2ccccc2s1)c1c(O)c2c(n(Cc3ccco3)c1=O)CCCC2. The van der Waals surface area contributed by atoms with Crippen LogP contribution >= 0.6 is 11.3 Å². The van der Waals surface area contributed by atoms with Crippen LogP contribution in [0.3, 0.4) is 0 Å². The van der Waals surface area contributed by atoms with E-state index in [0.717, 1.165) is 28.8 Å². The van der Waals surface area contributed by atoms with Gasteiger partial charge in [0, 0.05) is 11.3 Å². The van der Waals surface area contributed by atoms with Crippen molar-refractivity contribution in [2.45, 2.75) is 32.2 Å². The van der Waals surface area contributed by atoms with E-state index >= 15 is 0 Å². The molecule has 0 radical (unpaired) electrons. The zero-order valence-electron chi connectivity index (χ0n) is 16.1. The molecule has 3 aromatic heterocycles. The molecule has 152 valence electrons. The number of carbonyl (C=O) groups is 1. The van der Waals surface area contributed by atoms with Gasteiger partial charge in [0.05, 0.1) is 23.0 Å². The lowest BCUT2D eigenvalue weighted by atomic mass is 9.93. The Morgan fingerprint density at radius 1 is 1.20 bits per heavy atom. The van der Waals surface area contributed by atoms with E-state index in [0.29, 0.717) is 29.3 Å². The maximum absolute atomic E-state index is 13.3. The quantitative estimate of drug-likeness (QED) is 0.520. The van der Waals surface area contributed by atoms with E-state index in [4.69, 9.17) is 4.42 Å². The van der Waals surface area contributed by atoms with Crippen LogP contribution in [0.15, 0.2) is 51.9 Å². The molecule has 7 nitrogen and oxygen atoms in total. The van der Waals surface area contributed by atoms with Crippen molar-refractivity contribution in [2.75, 3.05) is 5.32 Å². The number of benzene rings is 1. The Morgan fingerprint density at radius 2 is 2.03 bits per heavy atom. The molecule has 0 fully saturated rings. The van der Waals surface area contributed by atoms with E-state index in [1.54, 1.807) is 23.0 Å². The molecule has 1 aliphatic rings. The summed E-state index contributed by atoms with van der Waals surface area (Å²) in [6.07, 6.45) is 4.69. The van der Waals surface area contributed by atoms with E-state index in [2.05, 4.69) is 10.3 Å². The van der Waals surface area contributed by atoms with Crippen molar-refractivity contribution in [1.82, 2.24) is 9.55 Å². The van der Waals surface area contributed by atoms with Gasteiger partial charge in [0.1, 0.15) is 17.1 Å². The summed E-state index contributed by atoms with van der Waals surface area (Å²) in [5, 5.41) is 13.9. The second kappa shape index (κ2) is 7.46. The standard InChI is InChI=1S/C22H19N3O4S/c26-19-14-7-1-3-9-16(14)25(12-13-6-5-11-29-13)21(28)18(19)20(27)24-22-23-15-8-2-4-10-17(15)30-22/h2,4-6,8,10-11,26H,1,3,7,9,12H2,(H,23,24,27).